The lowest BCUT2D eigenvalue weighted by Gasteiger charge is -2.24. The molecule has 2 aromatic carbocycles. The van der Waals surface area contributed by atoms with Gasteiger partial charge in [0.05, 0.1) is 6.54 Å². The van der Waals surface area contributed by atoms with Gasteiger partial charge in [0.25, 0.3) is 11.8 Å². The Labute approximate surface area is 167 Å². The largest absolute Gasteiger partial charge is 0.354 e. The van der Waals surface area contributed by atoms with Crippen molar-refractivity contribution in [1.29, 1.82) is 0 Å². The number of benzene rings is 2. The number of carbonyl (C=O) groups is 2. The molecule has 2 aliphatic rings. The van der Waals surface area contributed by atoms with Gasteiger partial charge in [0.1, 0.15) is 11.4 Å². The van der Waals surface area contributed by atoms with Crippen LogP contribution in [0.2, 0.25) is 0 Å². The average Bonchev–Trinajstić information content (AvgIpc) is 2.86. The summed E-state index contributed by atoms with van der Waals surface area (Å²) in [7, 11) is 0. The molecular formula is C23H29N3O2. The van der Waals surface area contributed by atoms with Gasteiger partial charge in [-0.05, 0) is 42.2 Å². The lowest BCUT2D eigenvalue weighted by atomic mass is 9.90. The summed E-state index contributed by atoms with van der Waals surface area (Å²) in [6.45, 7) is 6.84. The first kappa shape index (κ1) is 21.2. The predicted octanol–water partition coefficient (Wildman–Crippen LogP) is 3.56. The lowest BCUT2D eigenvalue weighted by molar-refractivity contribution is -0.131. The minimum Gasteiger partial charge on any atom is -0.354 e. The standard InChI is InChI=1S/C21H21N3O2.2CH4/c1-14-23-21(2)18-8-4-5-15(12-18)9-10-22-19(25)17-7-3-6-16(11-17)13-24(14)20(21)26;;/h3-8,11-12,23H,1,9-10,13H2,2H3,(H,22,25);2*1H4. The molecule has 2 aliphatic heterocycles. The van der Waals surface area contributed by atoms with Crippen LogP contribution in [0.5, 0.6) is 0 Å². The Morgan fingerprint density at radius 2 is 1.75 bits per heavy atom. The minimum atomic E-state index is -0.835. The molecule has 0 aromatic heterocycles. The third-order valence-corrected chi connectivity index (χ3v) is 5.13. The Morgan fingerprint density at radius 3 is 2.54 bits per heavy atom. The van der Waals surface area contributed by atoms with Crippen LogP contribution in [0, 0.1) is 0 Å². The zero-order valence-electron chi connectivity index (χ0n) is 14.7. The predicted molar refractivity (Wildman–Crippen MR) is 113 cm³/mol. The Balaban J connectivity index is 0.00000140. The molecule has 28 heavy (non-hydrogen) atoms. The van der Waals surface area contributed by atoms with E-state index in [2.05, 4.69) is 17.2 Å². The number of hydrogen-bond donors (Lipinski definition) is 2. The van der Waals surface area contributed by atoms with Gasteiger partial charge in [0.15, 0.2) is 0 Å². The number of fused-ring (bicyclic) bond motifs is 7. The zero-order chi connectivity index (χ0) is 18.3. The molecule has 1 atom stereocenters. The van der Waals surface area contributed by atoms with Gasteiger partial charge in [-0.15, -0.1) is 0 Å². The third-order valence-electron chi connectivity index (χ3n) is 5.13. The Morgan fingerprint density at radius 1 is 1.04 bits per heavy atom. The molecule has 2 heterocycles. The molecular weight excluding hydrogens is 350 g/mol. The molecule has 4 rings (SSSR count). The first-order valence-electron chi connectivity index (χ1n) is 8.73. The number of hydrogen-bond acceptors (Lipinski definition) is 3. The quantitative estimate of drug-likeness (QED) is 0.736. The number of nitrogens with one attached hydrogen (secondary N) is 2. The molecule has 5 nitrogen and oxygen atoms in total. The first-order valence-corrected chi connectivity index (χ1v) is 8.73. The Hall–Kier alpha value is -3.08. The molecule has 5 heteroatoms. The second kappa shape index (κ2) is 7.89. The molecule has 1 saturated heterocycles. The number of rotatable bonds is 0. The monoisotopic (exact) mass is 379 g/mol. The summed E-state index contributed by atoms with van der Waals surface area (Å²) in [5.41, 5.74) is 2.64. The average molecular weight is 380 g/mol. The van der Waals surface area contributed by atoms with Gasteiger partial charge in [0.2, 0.25) is 0 Å². The van der Waals surface area contributed by atoms with Crippen molar-refractivity contribution in [2.75, 3.05) is 6.54 Å². The van der Waals surface area contributed by atoms with E-state index in [0.717, 1.165) is 16.7 Å². The maximum absolute atomic E-state index is 13.2. The number of amides is 2. The molecule has 1 unspecified atom stereocenters. The third kappa shape index (κ3) is 3.52. The highest BCUT2D eigenvalue weighted by Crippen LogP contribution is 2.33. The summed E-state index contributed by atoms with van der Waals surface area (Å²) in [4.78, 5) is 27.2. The van der Waals surface area contributed by atoms with Gasteiger partial charge in [-0.2, -0.15) is 0 Å². The van der Waals surface area contributed by atoms with Crippen LogP contribution in [0.1, 0.15) is 48.8 Å². The second-order valence-electron chi connectivity index (χ2n) is 6.99. The normalized spacial score (nSPS) is 20.9. The summed E-state index contributed by atoms with van der Waals surface area (Å²) in [6.07, 6.45) is 0.703. The summed E-state index contributed by atoms with van der Waals surface area (Å²) >= 11 is 0. The fraction of sp³-hybridized carbons (Fsp3) is 0.304. The van der Waals surface area contributed by atoms with Gasteiger partial charge in [-0.1, -0.05) is 57.8 Å². The van der Waals surface area contributed by atoms with E-state index >= 15 is 0 Å². The van der Waals surface area contributed by atoms with E-state index in [0.29, 0.717) is 30.9 Å². The number of carbonyl (C=O) groups excluding carboxylic acids is 2. The lowest BCUT2D eigenvalue weighted by Crippen LogP contribution is -2.40. The maximum atomic E-state index is 13.2. The smallest absolute Gasteiger partial charge is 0.258 e. The van der Waals surface area contributed by atoms with Gasteiger partial charge in [-0.3, -0.25) is 14.5 Å². The highest BCUT2D eigenvalue weighted by atomic mass is 16.2. The molecule has 2 amide bonds. The van der Waals surface area contributed by atoms with E-state index in [4.69, 9.17) is 0 Å². The van der Waals surface area contributed by atoms with Gasteiger partial charge < -0.3 is 10.6 Å². The highest BCUT2D eigenvalue weighted by molar-refractivity contribution is 5.94. The molecule has 148 valence electrons. The first-order chi connectivity index (χ1) is 12.5. The summed E-state index contributed by atoms with van der Waals surface area (Å²) in [5.74, 6) is 0.439. The SMILES string of the molecule is C.C.C=C1NC2(C)C(=O)N1Cc1cccc(c1)C(=O)NCCc1cccc2c1. The van der Waals surface area contributed by atoms with Crippen molar-refractivity contribution < 1.29 is 9.59 Å². The Bertz CT molecular complexity index is 922. The van der Waals surface area contributed by atoms with E-state index in [1.807, 2.05) is 49.4 Å². The van der Waals surface area contributed by atoms with Gasteiger partial charge in [-0.25, -0.2) is 0 Å². The van der Waals surface area contributed by atoms with Crippen molar-refractivity contribution in [2.45, 2.75) is 40.3 Å². The fourth-order valence-electron chi connectivity index (χ4n) is 3.62. The maximum Gasteiger partial charge on any atom is 0.258 e. The van der Waals surface area contributed by atoms with Crippen molar-refractivity contribution in [3.05, 3.63) is 83.2 Å². The molecule has 0 spiro atoms. The van der Waals surface area contributed by atoms with Crippen molar-refractivity contribution in [1.82, 2.24) is 15.5 Å². The minimum absolute atomic E-state index is 0. The van der Waals surface area contributed by atoms with Crippen LogP contribution < -0.4 is 10.6 Å². The van der Waals surface area contributed by atoms with Crippen LogP contribution in [0.25, 0.3) is 0 Å². The van der Waals surface area contributed by atoms with Crippen molar-refractivity contribution >= 4 is 11.8 Å². The van der Waals surface area contributed by atoms with E-state index in [9.17, 15) is 9.59 Å². The summed E-state index contributed by atoms with van der Waals surface area (Å²) in [5, 5.41) is 6.24. The highest BCUT2D eigenvalue weighted by Gasteiger charge is 2.46. The summed E-state index contributed by atoms with van der Waals surface area (Å²) in [6, 6.07) is 15.3. The fourth-order valence-corrected chi connectivity index (χ4v) is 3.62. The van der Waals surface area contributed by atoms with Crippen LogP contribution in [-0.2, 0) is 23.3 Å². The molecule has 2 N–H and O–H groups in total. The molecule has 6 bridgehead atoms. The van der Waals surface area contributed by atoms with E-state index in [1.54, 1.807) is 11.0 Å². The van der Waals surface area contributed by atoms with Crippen molar-refractivity contribution in [3.63, 3.8) is 0 Å². The van der Waals surface area contributed by atoms with Crippen molar-refractivity contribution in [2.24, 2.45) is 0 Å². The second-order valence-corrected chi connectivity index (χ2v) is 6.99. The van der Waals surface area contributed by atoms with Crippen LogP contribution in [-0.4, -0.2) is 23.3 Å². The van der Waals surface area contributed by atoms with Gasteiger partial charge >= 0.3 is 0 Å². The zero-order valence-corrected chi connectivity index (χ0v) is 14.7. The van der Waals surface area contributed by atoms with E-state index < -0.39 is 5.54 Å². The van der Waals surface area contributed by atoms with Crippen LogP contribution >= 0.6 is 0 Å². The van der Waals surface area contributed by atoms with E-state index in [1.165, 1.54) is 0 Å². The summed E-state index contributed by atoms with van der Waals surface area (Å²) < 4.78 is 0. The van der Waals surface area contributed by atoms with Crippen molar-refractivity contribution in [3.8, 4) is 0 Å². The Kier molecular flexibility index (Phi) is 5.98. The van der Waals surface area contributed by atoms with Crippen LogP contribution in [0.3, 0.4) is 0 Å². The molecule has 0 radical (unpaired) electrons. The van der Waals surface area contributed by atoms with Crippen LogP contribution in [0.15, 0.2) is 60.9 Å². The topological polar surface area (TPSA) is 61.4 Å². The molecule has 2 aromatic rings. The van der Waals surface area contributed by atoms with Gasteiger partial charge in [0, 0.05) is 12.1 Å². The van der Waals surface area contributed by atoms with Crippen LogP contribution in [0.4, 0.5) is 0 Å². The molecule has 0 aliphatic carbocycles. The molecule has 0 saturated carbocycles. The number of nitrogens with zero attached hydrogens (tertiary/aromatic N) is 1. The molecule has 1 fully saturated rings. The van der Waals surface area contributed by atoms with E-state index in [-0.39, 0.29) is 26.7 Å².